The van der Waals surface area contributed by atoms with Crippen LogP contribution in [0.4, 0.5) is 5.69 Å². The molecule has 132 valence electrons. The Bertz CT molecular complexity index is 745. The van der Waals surface area contributed by atoms with Gasteiger partial charge in [0.05, 0.1) is 6.61 Å². The van der Waals surface area contributed by atoms with Crippen molar-refractivity contribution in [3.63, 3.8) is 0 Å². The van der Waals surface area contributed by atoms with Gasteiger partial charge in [-0.2, -0.15) is 0 Å². The predicted octanol–water partition coefficient (Wildman–Crippen LogP) is 3.15. The molecule has 1 aliphatic heterocycles. The van der Waals surface area contributed by atoms with Crippen molar-refractivity contribution in [2.75, 3.05) is 25.0 Å². The van der Waals surface area contributed by atoms with Gasteiger partial charge in [-0.1, -0.05) is 23.7 Å². The van der Waals surface area contributed by atoms with Crippen molar-refractivity contribution in [3.05, 3.63) is 58.6 Å². The Morgan fingerprint density at radius 2 is 2.24 bits per heavy atom. The second-order valence-electron chi connectivity index (χ2n) is 5.95. The van der Waals surface area contributed by atoms with Gasteiger partial charge in [-0.3, -0.25) is 4.79 Å². The molecule has 0 radical (unpaired) electrons. The second kappa shape index (κ2) is 8.34. The van der Waals surface area contributed by atoms with Crippen molar-refractivity contribution in [2.24, 2.45) is 0 Å². The van der Waals surface area contributed by atoms with Crippen LogP contribution in [-0.4, -0.2) is 31.7 Å². The quantitative estimate of drug-likeness (QED) is 0.860. The minimum Gasteiger partial charge on any atom is -0.489 e. The molecule has 25 heavy (non-hydrogen) atoms. The highest BCUT2D eigenvalue weighted by Crippen LogP contribution is 2.23. The maximum absolute atomic E-state index is 12.2. The molecule has 0 aromatic heterocycles. The number of rotatable bonds is 5. The maximum Gasteiger partial charge on any atom is 0.254 e. The van der Waals surface area contributed by atoms with Gasteiger partial charge in [0.2, 0.25) is 0 Å². The van der Waals surface area contributed by atoms with Crippen LogP contribution in [-0.2, 0) is 16.1 Å². The fourth-order valence-corrected chi connectivity index (χ4v) is 2.82. The first kappa shape index (κ1) is 17.7. The molecule has 1 saturated heterocycles. The molecule has 0 bridgehead atoms. The van der Waals surface area contributed by atoms with Gasteiger partial charge in [0.25, 0.3) is 5.91 Å². The van der Waals surface area contributed by atoms with Crippen molar-refractivity contribution >= 4 is 23.2 Å². The summed E-state index contributed by atoms with van der Waals surface area (Å²) >= 11 is 5.97. The van der Waals surface area contributed by atoms with E-state index < -0.39 is 6.10 Å². The summed E-state index contributed by atoms with van der Waals surface area (Å²) < 4.78 is 11.3. The summed E-state index contributed by atoms with van der Waals surface area (Å²) in [6.45, 7) is 4.23. The molecule has 5 nitrogen and oxygen atoms in total. The zero-order chi connectivity index (χ0) is 17.6. The van der Waals surface area contributed by atoms with Crippen molar-refractivity contribution in [1.29, 1.82) is 0 Å². The zero-order valence-electron chi connectivity index (χ0n) is 14.0. The Kier molecular flexibility index (Phi) is 5.91. The van der Waals surface area contributed by atoms with Crippen molar-refractivity contribution < 1.29 is 14.3 Å². The number of hydrogen-bond donors (Lipinski definition) is 2. The number of morpholine rings is 1. The lowest BCUT2D eigenvalue weighted by molar-refractivity contribution is -0.128. The Labute approximate surface area is 152 Å². The summed E-state index contributed by atoms with van der Waals surface area (Å²) in [6.07, 6.45) is -0.452. The molecule has 3 rings (SSSR count). The van der Waals surface area contributed by atoms with Gasteiger partial charge in [-0.15, -0.1) is 0 Å². The number of nitrogens with one attached hydrogen (secondary N) is 2. The Hall–Kier alpha value is -2.08. The van der Waals surface area contributed by atoms with E-state index in [-0.39, 0.29) is 5.91 Å². The lowest BCUT2D eigenvalue weighted by atomic mass is 10.1. The smallest absolute Gasteiger partial charge is 0.254 e. The van der Waals surface area contributed by atoms with Gasteiger partial charge in [-0.05, 0) is 48.4 Å². The number of benzene rings is 2. The van der Waals surface area contributed by atoms with Crippen LogP contribution in [0.25, 0.3) is 0 Å². The summed E-state index contributed by atoms with van der Waals surface area (Å²) in [5.41, 5.74) is 2.69. The molecule has 1 amide bonds. The van der Waals surface area contributed by atoms with Crippen LogP contribution in [0.3, 0.4) is 0 Å². The molecule has 0 aliphatic carbocycles. The number of amides is 1. The van der Waals surface area contributed by atoms with E-state index in [0.717, 1.165) is 29.1 Å². The molecule has 0 saturated carbocycles. The van der Waals surface area contributed by atoms with Gasteiger partial charge in [0.15, 0.2) is 0 Å². The van der Waals surface area contributed by atoms with Crippen LogP contribution in [0.1, 0.15) is 11.1 Å². The minimum atomic E-state index is -0.452. The predicted molar refractivity (Wildman–Crippen MR) is 98.2 cm³/mol. The monoisotopic (exact) mass is 360 g/mol. The summed E-state index contributed by atoms with van der Waals surface area (Å²) in [7, 11) is 0. The van der Waals surface area contributed by atoms with Gasteiger partial charge in [-0.25, -0.2) is 0 Å². The summed E-state index contributed by atoms with van der Waals surface area (Å²) in [4.78, 5) is 12.2. The van der Waals surface area contributed by atoms with E-state index in [2.05, 4.69) is 10.6 Å². The number of hydrogen-bond acceptors (Lipinski definition) is 4. The first-order valence-corrected chi connectivity index (χ1v) is 8.61. The molecule has 1 fully saturated rings. The van der Waals surface area contributed by atoms with E-state index in [0.29, 0.717) is 24.8 Å². The molecule has 0 spiro atoms. The normalized spacial score (nSPS) is 17.1. The van der Waals surface area contributed by atoms with Gasteiger partial charge < -0.3 is 20.1 Å². The summed E-state index contributed by atoms with van der Waals surface area (Å²) in [5.74, 6) is 0.606. The zero-order valence-corrected chi connectivity index (χ0v) is 14.8. The fraction of sp³-hybridized carbons (Fsp3) is 0.316. The van der Waals surface area contributed by atoms with Crippen LogP contribution in [0.5, 0.6) is 5.75 Å². The van der Waals surface area contributed by atoms with E-state index in [1.807, 2.05) is 49.4 Å². The molecule has 1 atom stereocenters. The van der Waals surface area contributed by atoms with E-state index >= 15 is 0 Å². The van der Waals surface area contributed by atoms with Gasteiger partial charge in [0, 0.05) is 23.8 Å². The third-order valence-corrected chi connectivity index (χ3v) is 4.21. The average Bonchev–Trinajstić information content (AvgIpc) is 2.63. The highest BCUT2D eigenvalue weighted by atomic mass is 35.5. The number of anilines is 1. The van der Waals surface area contributed by atoms with Gasteiger partial charge in [0.1, 0.15) is 18.5 Å². The molecular formula is C19H21ClN2O3. The summed E-state index contributed by atoms with van der Waals surface area (Å²) in [5, 5.41) is 6.75. The van der Waals surface area contributed by atoms with E-state index in [1.165, 1.54) is 0 Å². The van der Waals surface area contributed by atoms with E-state index in [9.17, 15) is 4.79 Å². The average molecular weight is 361 g/mol. The number of carbonyl (C=O) groups excluding carboxylic acids is 1. The molecule has 2 aromatic carbocycles. The van der Waals surface area contributed by atoms with Crippen LogP contribution in [0.2, 0.25) is 5.02 Å². The Morgan fingerprint density at radius 3 is 2.96 bits per heavy atom. The number of ether oxygens (including phenoxy) is 2. The third-order valence-electron chi connectivity index (χ3n) is 3.97. The van der Waals surface area contributed by atoms with Crippen molar-refractivity contribution in [1.82, 2.24) is 5.32 Å². The first-order chi connectivity index (χ1) is 12.1. The largest absolute Gasteiger partial charge is 0.489 e. The molecule has 1 aliphatic rings. The Balaban J connectivity index is 1.59. The summed E-state index contributed by atoms with van der Waals surface area (Å²) in [6, 6.07) is 13.2. The maximum atomic E-state index is 12.2. The van der Waals surface area contributed by atoms with Gasteiger partial charge >= 0.3 is 0 Å². The minimum absolute atomic E-state index is 0.136. The van der Waals surface area contributed by atoms with Crippen LogP contribution >= 0.6 is 11.6 Å². The highest BCUT2D eigenvalue weighted by Gasteiger charge is 2.22. The second-order valence-corrected chi connectivity index (χ2v) is 6.38. The third kappa shape index (κ3) is 4.95. The van der Waals surface area contributed by atoms with Crippen LogP contribution < -0.4 is 15.4 Å². The number of aryl methyl sites for hydroxylation is 1. The molecular weight excluding hydrogens is 340 g/mol. The lowest BCUT2D eigenvalue weighted by Gasteiger charge is -2.23. The molecule has 1 unspecified atom stereocenters. The van der Waals surface area contributed by atoms with E-state index in [1.54, 1.807) is 0 Å². The Morgan fingerprint density at radius 1 is 1.36 bits per heavy atom. The molecule has 2 aromatic rings. The van der Waals surface area contributed by atoms with Crippen LogP contribution in [0.15, 0.2) is 42.5 Å². The van der Waals surface area contributed by atoms with Crippen LogP contribution in [0, 0.1) is 6.92 Å². The van der Waals surface area contributed by atoms with Crippen molar-refractivity contribution in [3.8, 4) is 5.75 Å². The number of carbonyl (C=O) groups is 1. The standard InChI is InChI=1S/C19H21ClN2O3/c1-13-9-16(25-12-14-3-2-4-15(20)10-14)5-6-17(13)22-19(23)18-11-21-7-8-24-18/h2-6,9-10,18,21H,7-8,11-12H2,1H3,(H,22,23). The molecule has 6 heteroatoms. The first-order valence-electron chi connectivity index (χ1n) is 8.23. The molecule has 1 heterocycles. The topological polar surface area (TPSA) is 59.6 Å². The van der Waals surface area contributed by atoms with Crippen molar-refractivity contribution in [2.45, 2.75) is 19.6 Å². The SMILES string of the molecule is Cc1cc(OCc2cccc(Cl)c2)ccc1NC(=O)C1CNCCO1. The molecule has 2 N–H and O–H groups in total. The number of halogens is 1. The lowest BCUT2D eigenvalue weighted by Crippen LogP contribution is -2.45. The highest BCUT2D eigenvalue weighted by molar-refractivity contribution is 6.30. The van der Waals surface area contributed by atoms with E-state index in [4.69, 9.17) is 21.1 Å². The fourth-order valence-electron chi connectivity index (χ4n) is 2.61.